The maximum absolute atomic E-state index is 12.9. The standard InChI is InChI=1S/C20H28N4O4S/c1-22(16-10-5-4-6-11-16)13-15-9-7-8-12-17(15)21-29(27,28)18-14-23(2)20(26)24(3)19(18)25/h7-9,12,14,16,21H,4-6,10-11,13H2,1-3H3. The first kappa shape index (κ1) is 21.3. The lowest BCUT2D eigenvalue weighted by Gasteiger charge is -2.31. The number of rotatable bonds is 6. The molecule has 2 aromatic rings. The fraction of sp³-hybridized carbons (Fsp3) is 0.500. The van der Waals surface area contributed by atoms with E-state index in [9.17, 15) is 18.0 Å². The number of hydrogen-bond donors (Lipinski definition) is 1. The summed E-state index contributed by atoms with van der Waals surface area (Å²) >= 11 is 0. The Morgan fingerprint density at radius 3 is 2.45 bits per heavy atom. The van der Waals surface area contributed by atoms with E-state index < -0.39 is 26.2 Å². The number of hydrogen-bond acceptors (Lipinski definition) is 5. The van der Waals surface area contributed by atoms with Crippen LogP contribution in [0, 0.1) is 0 Å². The average molecular weight is 421 g/mol. The van der Waals surface area contributed by atoms with Crippen LogP contribution in [0.3, 0.4) is 0 Å². The molecule has 1 aliphatic carbocycles. The van der Waals surface area contributed by atoms with Gasteiger partial charge in [-0.05, 0) is 31.5 Å². The van der Waals surface area contributed by atoms with Crippen molar-refractivity contribution < 1.29 is 8.42 Å². The number of nitrogens with one attached hydrogen (secondary N) is 1. The van der Waals surface area contributed by atoms with Crippen molar-refractivity contribution in [1.29, 1.82) is 0 Å². The molecule has 1 N–H and O–H groups in total. The lowest BCUT2D eigenvalue weighted by molar-refractivity contribution is 0.185. The van der Waals surface area contributed by atoms with Crippen LogP contribution >= 0.6 is 0 Å². The Morgan fingerprint density at radius 1 is 1.10 bits per heavy atom. The van der Waals surface area contributed by atoms with E-state index in [1.165, 1.54) is 33.4 Å². The van der Waals surface area contributed by atoms with Gasteiger partial charge in [0.2, 0.25) is 0 Å². The van der Waals surface area contributed by atoms with E-state index in [4.69, 9.17) is 0 Å². The third-order valence-electron chi connectivity index (χ3n) is 5.58. The van der Waals surface area contributed by atoms with Crippen LogP contribution in [0.4, 0.5) is 5.69 Å². The molecule has 158 valence electrons. The molecule has 1 aromatic heterocycles. The molecule has 1 aromatic carbocycles. The van der Waals surface area contributed by atoms with Gasteiger partial charge in [-0.2, -0.15) is 0 Å². The Labute approximate surface area is 170 Å². The molecule has 1 fully saturated rings. The Bertz CT molecular complexity index is 1100. The molecular formula is C20H28N4O4S. The average Bonchev–Trinajstić information content (AvgIpc) is 2.71. The van der Waals surface area contributed by atoms with Crippen molar-refractivity contribution in [2.24, 2.45) is 14.1 Å². The fourth-order valence-corrected chi connectivity index (χ4v) is 5.10. The molecule has 0 aliphatic heterocycles. The zero-order chi connectivity index (χ0) is 21.2. The first-order valence-electron chi connectivity index (χ1n) is 9.78. The van der Waals surface area contributed by atoms with Crippen LogP contribution in [0.1, 0.15) is 37.7 Å². The first-order chi connectivity index (χ1) is 13.7. The number of sulfonamides is 1. The third-order valence-corrected chi connectivity index (χ3v) is 6.93. The highest BCUT2D eigenvalue weighted by molar-refractivity contribution is 7.92. The minimum absolute atomic E-state index is 0.436. The maximum atomic E-state index is 12.9. The van der Waals surface area contributed by atoms with Gasteiger partial charge in [-0.15, -0.1) is 0 Å². The minimum atomic E-state index is -4.15. The van der Waals surface area contributed by atoms with Crippen molar-refractivity contribution in [2.75, 3.05) is 11.8 Å². The van der Waals surface area contributed by atoms with E-state index in [-0.39, 0.29) is 0 Å². The van der Waals surface area contributed by atoms with Crippen molar-refractivity contribution in [1.82, 2.24) is 14.0 Å². The highest BCUT2D eigenvalue weighted by Crippen LogP contribution is 2.25. The van der Waals surface area contributed by atoms with Gasteiger partial charge in [0.1, 0.15) is 0 Å². The van der Waals surface area contributed by atoms with Crippen molar-refractivity contribution in [2.45, 2.75) is 49.6 Å². The van der Waals surface area contributed by atoms with Crippen molar-refractivity contribution in [3.63, 3.8) is 0 Å². The van der Waals surface area contributed by atoms with E-state index in [0.717, 1.165) is 33.7 Å². The Kier molecular flexibility index (Phi) is 6.28. The van der Waals surface area contributed by atoms with Gasteiger partial charge in [-0.25, -0.2) is 13.2 Å². The van der Waals surface area contributed by atoms with Gasteiger partial charge < -0.3 is 4.57 Å². The zero-order valence-electron chi connectivity index (χ0n) is 17.1. The molecule has 9 heteroatoms. The summed E-state index contributed by atoms with van der Waals surface area (Å²) in [4.78, 5) is 26.0. The normalized spacial score (nSPS) is 15.6. The molecule has 1 saturated carbocycles. The number of nitrogens with zero attached hydrogens (tertiary/aromatic N) is 3. The lowest BCUT2D eigenvalue weighted by atomic mass is 9.94. The monoisotopic (exact) mass is 420 g/mol. The smallest absolute Gasteiger partial charge is 0.302 e. The lowest BCUT2D eigenvalue weighted by Crippen LogP contribution is -2.40. The van der Waals surface area contributed by atoms with Gasteiger partial charge in [0.05, 0.1) is 5.69 Å². The van der Waals surface area contributed by atoms with Gasteiger partial charge in [0, 0.05) is 32.9 Å². The molecule has 0 amide bonds. The predicted octanol–water partition coefficient (Wildman–Crippen LogP) is 1.65. The van der Waals surface area contributed by atoms with Crippen LogP contribution in [-0.2, 0) is 30.7 Å². The van der Waals surface area contributed by atoms with Crippen LogP contribution in [0.15, 0.2) is 44.9 Å². The molecule has 0 atom stereocenters. The van der Waals surface area contributed by atoms with E-state index in [0.29, 0.717) is 18.3 Å². The molecule has 3 rings (SSSR count). The van der Waals surface area contributed by atoms with Crippen LogP contribution in [0.5, 0.6) is 0 Å². The van der Waals surface area contributed by atoms with Gasteiger partial charge in [0.15, 0.2) is 4.90 Å². The highest BCUT2D eigenvalue weighted by Gasteiger charge is 2.24. The Morgan fingerprint density at radius 2 is 1.76 bits per heavy atom. The predicted molar refractivity (Wildman–Crippen MR) is 113 cm³/mol. The third kappa shape index (κ3) is 4.62. The SMILES string of the molecule is CN(Cc1ccccc1NS(=O)(=O)c1cn(C)c(=O)n(C)c1=O)C1CCCCC1. The second kappa shape index (κ2) is 8.54. The Hall–Kier alpha value is -2.39. The number of benzene rings is 1. The zero-order valence-corrected chi connectivity index (χ0v) is 17.9. The second-order valence-electron chi connectivity index (χ2n) is 7.72. The van der Waals surface area contributed by atoms with Crippen LogP contribution in [0.25, 0.3) is 0 Å². The minimum Gasteiger partial charge on any atom is -0.302 e. The van der Waals surface area contributed by atoms with E-state index >= 15 is 0 Å². The molecular weight excluding hydrogens is 392 g/mol. The summed E-state index contributed by atoms with van der Waals surface area (Å²) < 4.78 is 30.3. The van der Waals surface area contributed by atoms with Crippen molar-refractivity contribution in [3.8, 4) is 0 Å². The summed E-state index contributed by atoms with van der Waals surface area (Å²) in [5.41, 5.74) is -0.155. The molecule has 0 spiro atoms. The quantitative estimate of drug-likeness (QED) is 0.767. The molecule has 0 bridgehead atoms. The Balaban J connectivity index is 1.89. The summed E-state index contributed by atoms with van der Waals surface area (Å²) in [5, 5.41) is 0. The fourth-order valence-electron chi connectivity index (χ4n) is 3.84. The van der Waals surface area contributed by atoms with Gasteiger partial charge in [0.25, 0.3) is 15.6 Å². The molecule has 0 radical (unpaired) electrons. The number of anilines is 1. The summed E-state index contributed by atoms with van der Waals surface area (Å²) in [7, 11) is 0.580. The molecule has 0 saturated heterocycles. The molecule has 0 unspecified atom stereocenters. The van der Waals surface area contributed by atoms with Crippen molar-refractivity contribution in [3.05, 3.63) is 56.9 Å². The largest absolute Gasteiger partial charge is 0.330 e. The van der Waals surface area contributed by atoms with Crippen molar-refractivity contribution >= 4 is 15.7 Å². The number of aromatic nitrogens is 2. The summed E-state index contributed by atoms with van der Waals surface area (Å²) in [6, 6.07) is 7.68. The molecule has 1 aliphatic rings. The summed E-state index contributed by atoms with van der Waals surface area (Å²) in [6.07, 6.45) is 7.08. The van der Waals surface area contributed by atoms with Crippen LogP contribution in [0.2, 0.25) is 0 Å². The second-order valence-corrected chi connectivity index (χ2v) is 9.37. The van der Waals surface area contributed by atoms with Gasteiger partial charge in [-0.3, -0.25) is 19.0 Å². The molecule has 29 heavy (non-hydrogen) atoms. The summed E-state index contributed by atoms with van der Waals surface area (Å²) in [5.74, 6) is 0. The van der Waals surface area contributed by atoms with E-state index in [1.807, 2.05) is 12.1 Å². The highest BCUT2D eigenvalue weighted by atomic mass is 32.2. The van der Waals surface area contributed by atoms with Crippen LogP contribution < -0.4 is 16.0 Å². The van der Waals surface area contributed by atoms with Crippen LogP contribution in [-0.4, -0.2) is 35.5 Å². The van der Waals surface area contributed by atoms with E-state index in [2.05, 4.69) is 16.7 Å². The van der Waals surface area contributed by atoms with Gasteiger partial charge >= 0.3 is 5.69 Å². The number of aryl methyl sites for hydroxylation is 1. The topological polar surface area (TPSA) is 93.4 Å². The maximum Gasteiger partial charge on any atom is 0.330 e. The first-order valence-corrected chi connectivity index (χ1v) is 11.3. The van der Waals surface area contributed by atoms with Gasteiger partial charge in [-0.1, -0.05) is 37.5 Å². The molecule has 1 heterocycles. The van der Waals surface area contributed by atoms with E-state index in [1.54, 1.807) is 12.1 Å². The molecule has 8 nitrogen and oxygen atoms in total. The number of para-hydroxylation sites is 1. The summed E-state index contributed by atoms with van der Waals surface area (Å²) in [6.45, 7) is 0.606.